The molecule has 1 aliphatic rings. The highest BCUT2D eigenvalue weighted by Gasteiger charge is 2.31. The Balaban J connectivity index is 1.65. The number of alkyl halides is 3. The molecule has 1 saturated carbocycles. The topological polar surface area (TPSA) is 71.3 Å². The van der Waals surface area contributed by atoms with E-state index in [9.17, 15) is 22.8 Å². The van der Waals surface area contributed by atoms with Crippen LogP contribution in [0.3, 0.4) is 0 Å². The average Bonchev–Trinajstić information content (AvgIpc) is 3.17. The molecule has 0 aliphatic heterocycles. The van der Waals surface area contributed by atoms with Crippen molar-refractivity contribution >= 4 is 11.8 Å². The number of hydrogen-bond donors (Lipinski definition) is 2. The summed E-state index contributed by atoms with van der Waals surface area (Å²) in [5.41, 5.74) is -0.540. The maximum Gasteiger partial charge on any atom is 0.416 e. The molecule has 0 saturated heterocycles. The van der Waals surface area contributed by atoms with Crippen LogP contribution >= 0.6 is 0 Å². The van der Waals surface area contributed by atoms with Gasteiger partial charge in [-0.2, -0.15) is 13.2 Å². The van der Waals surface area contributed by atoms with Gasteiger partial charge in [-0.15, -0.1) is 0 Å². The summed E-state index contributed by atoms with van der Waals surface area (Å²) >= 11 is 0. The van der Waals surface area contributed by atoms with Crippen LogP contribution in [0.5, 0.6) is 0 Å². The zero-order valence-corrected chi connectivity index (χ0v) is 16.9. The summed E-state index contributed by atoms with van der Waals surface area (Å²) in [6.07, 6.45) is -1.54. The van der Waals surface area contributed by atoms with Gasteiger partial charge in [-0.05, 0) is 57.4 Å². The van der Waals surface area contributed by atoms with Crippen LogP contribution < -0.4 is 10.6 Å². The summed E-state index contributed by atoms with van der Waals surface area (Å²) in [5.74, 6) is -0.388. The minimum Gasteiger partial charge on any atom is -0.451 e. The van der Waals surface area contributed by atoms with E-state index in [1.165, 1.54) is 24.3 Å². The molecular weight excluding hydrogens is 397 g/mol. The quantitative estimate of drug-likeness (QED) is 0.729. The molecule has 5 nitrogen and oxygen atoms in total. The van der Waals surface area contributed by atoms with Gasteiger partial charge in [-0.25, -0.2) is 0 Å². The minimum absolute atomic E-state index is 0.00576. The van der Waals surface area contributed by atoms with Gasteiger partial charge in [0, 0.05) is 23.6 Å². The Kier molecular flexibility index (Phi) is 6.53. The van der Waals surface area contributed by atoms with Crippen molar-refractivity contribution in [3.63, 3.8) is 0 Å². The van der Waals surface area contributed by atoms with E-state index in [1.54, 1.807) is 0 Å². The third kappa shape index (κ3) is 5.43. The van der Waals surface area contributed by atoms with Gasteiger partial charge >= 0.3 is 6.18 Å². The van der Waals surface area contributed by atoms with Crippen LogP contribution in [0.25, 0.3) is 11.3 Å². The summed E-state index contributed by atoms with van der Waals surface area (Å²) in [4.78, 5) is 24.8. The Morgan fingerprint density at radius 1 is 1.13 bits per heavy atom. The second kappa shape index (κ2) is 8.93. The molecule has 2 N–H and O–H groups in total. The fraction of sp³-hybridized carbons (Fsp3) is 0.455. The third-order valence-corrected chi connectivity index (χ3v) is 5.12. The fourth-order valence-electron chi connectivity index (χ4n) is 3.68. The molecule has 0 bridgehead atoms. The summed E-state index contributed by atoms with van der Waals surface area (Å²) in [6.45, 7) is 3.80. The van der Waals surface area contributed by atoms with Crippen LogP contribution in [0.2, 0.25) is 0 Å². The highest BCUT2D eigenvalue weighted by molar-refractivity contribution is 5.92. The fourth-order valence-corrected chi connectivity index (χ4v) is 3.68. The Bertz CT molecular complexity index is 905. The van der Waals surface area contributed by atoms with Crippen molar-refractivity contribution in [1.29, 1.82) is 0 Å². The van der Waals surface area contributed by atoms with Gasteiger partial charge in [-0.1, -0.05) is 18.6 Å². The second-order valence-corrected chi connectivity index (χ2v) is 7.94. The highest BCUT2D eigenvalue weighted by Crippen LogP contribution is 2.33. The van der Waals surface area contributed by atoms with Gasteiger partial charge < -0.3 is 15.1 Å². The molecule has 1 heterocycles. The summed E-state index contributed by atoms with van der Waals surface area (Å²) in [6, 6.07) is 7.58. The molecule has 2 aromatic rings. The standard InChI is InChI=1S/C22H25F3N2O3/c1-13(2)26-20(28)15-6-4-8-17(12-15)27-21(29)19-10-9-18(30-19)14-5-3-7-16(11-14)22(23,24)25/h3,5,7,9-11,13,15,17H,4,6,8,12H2,1-2H3,(H,26,28)(H,27,29). The number of carbonyl (C=O) groups excluding carboxylic acids is 2. The monoisotopic (exact) mass is 422 g/mol. The highest BCUT2D eigenvalue weighted by atomic mass is 19.4. The van der Waals surface area contributed by atoms with Crippen molar-refractivity contribution in [2.75, 3.05) is 0 Å². The van der Waals surface area contributed by atoms with Crippen molar-refractivity contribution in [3.8, 4) is 11.3 Å². The number of hydrogen-bond acceptors (Lipinski definition) is 3. The van der Waals surface area contributed by atoms with Crippen molar-refractivity contribution in [2.45, 2.75) is 57.8 Å². The van der Waals surface area contributed by atoms with Crippen molar-refractivity contribution in [1.82, 2.24) is 10.6 Å². The van der Waals surface area contributed by atoms with Gasteiger partial charge in [0.1, 0.15) is 5.76 Å². The van der Waals surface area contributed by atoms with E-state index >= 15 is 0 Å². The Labute approximate surface area is 173 Å². The molecule has 0 spiro atoms. The lowest BCUT2D eigenvalue weighted by atomic mass is 9.85. The van der Waals surface area contributed by atoms with Crippen molar-refractivity contribution < 1.29 is 27.2 Å². The number of carbonyl (C=O) groups is 2. The Hall–Kier alpha value is -2.77. The lowest BCUT2D eigenvalue weighted by molar-refractivity contribution is -0.137. The predicted molar refractivity (Wildman–Crippen MR) is 106 cm³/mol. The molecule has 1 fully saturated rings. The number of rotatable bonds is 5. The number of amides is 2. The number of benzene rings is 1. The number of halogens is 3. The molecule has 30 heavy (non-hydrogen) atoms. The first kappa shape index (κ1) is 21.9. The van der Waals surface area contributed by atoms with E-state index in [0.29, 0.717) is 6.42 Å². The maximum atomic E-state index is 12.9. The molecule has 2 unspecified atom stereocenters. The first-order valence-corrected chi connectivity index (χ1v) is 10.0. The summed E-state index contributed by atoms with van der Waals surface area (Å²) < 4.78 is 44.2. The van der Waals surface area contributed by atoms with Gasteiger partial charge in [0.15, 0.2) is 5.76 Å². The number of furan rings is 1. The van der Waals surface area contributed by atoms with Gasteiger partial charge in [0.25, 0.3) is 5.91 Å². The summed E-state index contributed by atoms with van der Waals surface area (Å²) in [5, 5.41) is 5.79. The van der Waals surface area contributed by atoms with Crippen LogP contribution in [0.4, 0.5) is 13.2 Å². The number of nitrogens with one attached hydrogen (secondary N) is 2. The Morgan fingerprint density at radius 2 is 1.90 bits per heavy atom. The molecule has 162 valence electrons. The van der Waals surface area contributed by atoms with Gasteiger partial charge in [0.2, 0.25) is 5.91 Å². The van der Waals surface area contributed by atoms with Crippen LogP contribution in [0, 0.1) is 5.92 Å². The Morgan fingerprint density at radius 3 is 2.60 bits per heavy atom. The molecule has 1 aromatic carbocycles. The molecule has 1 aliphatic carbocycles. The zero-order valence-electron chi connectivity index (χ0n) is 16.9. The molecule has 3 rings (SSSR count). The van der Waals surface area contributed by atoms with Crippen LogP contribution in [-0.4, -0.2) is 23.9 Å². The molecule has 2 atom stereocenters. The van der Waals surface area contributed by atoms with E-state index in [4.69, 9.17) is 4.42 Å². The predicted octanol–water partition coefficient (Wildman–Crippen LogP) is 4.78. The maximum absolute atomic E-state index is 12.9. The smallest absolute Gasteiger partial charge is 0.416 e. The first-order chi connectivity index (χ1) is 14.1. The van der Waals surface area contributed by atoms with Crippen LogP contribution in [-0.2, 0) is 11.0 Å². The average molecular weight is 422 g/mol. The van der Waals surface area contributed by atoms with Gasteiger partial charge in [-0.3, -0.25) is 9.59 Å². The van der Waals surface area contributed by atoms with E-state index in [-0.39, 0.29) is 41.0 Å². The second-order valence-electron chi connectivity index (χ2n) is 7.94. The minimum atomic E-state index is -4.46. The molecule has 8 heteroatoms. The largest absolute Gasteiger partial charge is 0.451 e. The lowest BCUT2D eigenvalue weighted by Gasteiger charge is -2.29. The van der Waals surface area contributed by atoms with Crippen LogP contribution in [0.15, 0.2) is 40.8 Å². The zero-order chi connectivity index (χ0) is 21.9. The normalized spacial score (nSPS) is 19.5. The first-order valence-electron chi connectivity index (χ1n) is 10.0. The van der Waals surface area contributed by atoms with E-state index in [0.717, 1.165) is 31.4 Å². The van der Waals surface area contributed by atoms with E-state index in [2.05, 4.69) is 10.6 Å². The van der Waals surface area contributed by atoms with Gasteiger partial charge in [0.05, 0.1) is 5.56 Å². The molecule has 1 aromatic heterocycles. The van der Waals surface area contributed by atoms with Crippen molar-refractivity contribution in [3.05, 3.63) is 47.7 Å². The molecule has 0 radical (unpaired) electrons. The lowest BCUT2D eigenvalue weighted by Crippen LogP contribution is -2.43. The van der Waals surface area contributed by atoms with Crippen LogP contribution in [0.1, 0.15) is 55.6 Å². The third-order valence-electron chi connectivity index (χ3n) is 5.12. The summed E-state index contributed by atoms with van der Waals surface area (Å²) in [7, 11) is 0. The van der Waals surface area contributed by atoms with Crippen molar-refractivity contribution in [2.24, 2.45) is 5.92 Å². The molecular formula is C22H25F3N2O3. The van der Waals surface area contributed by atoms with E-state index < -0.39 is 17.6 Å². The SMILES string of the molecule is CC(C)NC(=O)C1CCCC(NC(=O)c2ccc(-c3cccc(C(F)(F)F)c3)o2)C1. The molecule has 2 amide bonds. The van der Waals surface area contributed by atoms with E-state index in [1.807, 2.05) is 13.8 Å².